The summed E-state index contributed by atoms with van der Waals surface area (Å²) in [6.07, 6.45) is 2.74. The minimum atomic E-state index is 0.856. The second-order valence-corrected chi connectivity index (χ2v) is 5.06. The Morgan fingerprint density at radius 1 is 1.21 bits per heavy atom. The monoisotopic (exact) mass is 320 g/mol. The van der Waals surface area contributed by atoms with Crippen LogP contribution in [-0.4, -0.2) is 18.6 Å². The Kier molecular flexibility index (Phi) is 5.36. The van der Waals surface area contributed by atoms with Gasteiger partial charge in [0.25, 0.3) is 0 Å². The molecule has 0 saturated carbocycles. The lowest BCUT2D eigenvalue weighted by Gasteiger charge is -2.06. The average molecular weight is 321 g/mol. The standard InChI is InChI=1S/C15H17BrN2O/c1-19-13-6-4-12(5-7-13)11-17-10-8-15-14(16)3-2-9-18-15/h2-7,9,17H,8,10-11H2,1H3. The van der Waals surface area contributed by atoms with Crippen LogP contribution in [0.1, 0.15) is 11.3 Å². The lowest BCUT2D eigenvalue weighted by atomic mass is 10.2. The van der Waals surface area contributed by atoms with Crippen LogP contribution in [0.3, 0.4) is 0 Å². The van der Waals surface area contributed by atoms with E-state index in [0.29, 0.717) is 0 Å². The third kappa shape index (κ3) is 4.33. The van der Waals surface area contributed by atoms with Crippen LogP contribution in [-0.2, 0) is 13.0 Å². The van der Waals surface area contributed by atoms with Crippen LogP contribution < -0.4 is 10.1 Å². The predicted molar refractivity (Wildman–Crippen MR) is 80.3 cm³/mol. The number of methoxy groups -OCH3 is 1. The van der Waals surface area contributed by atoms with Crippen LogP contribution in [0.5, 0.6) is 5.75 Å². The maximum Gasteiger partial charge on any atom is 0.118 e. The molecule has 0 aliphatic heterocycles. The number of ether oxygens (including phenoxy) is 1. The van der Waals surface area contributed by atoms with E-state index < -0.39 is 0 Å². The first-order chi connectivity index (χ1) is 9.29. The average Bonchev–Trinajstić information content (AvgIpc) is 2.46. The molecule has 0 atom stereocenters. The summed E-state index contributed by atoms with van der Waals surface area (Å²) in [6.45, 7) is 1.76. The summed E-state index contributed by atoms with van der Waals surface area (Å²) in [4.78, 5) is 4.34. The molecule has 19 heavy (non-hydrogen) atoms. The third-order valence-electron chi connectivity index (χ3n) is 2.86. The summed E-state index contributed by atoms with van der Waals surface area (Å²) in [5.41, 5.74) is 2.34. The number of hydrogen-bond donors (Lipinski definition) is 1. The second kappa shape index (κ2) is 7.26. The Hall–Kier alpha value is -1.39. The largest absolute Gasteiger partial charge is 0.497 e. The molecule has 1 N–H and O–H groups in total. The number of nitrogens with one attached hydrogen (secondary N) is 1. The van der Waals surface area contributed by atoms with Gasteiger partial charge >= 0.3 is 0 Å². The van der Waals surface area contributed by atoms with Gasteiger partial charge in [0, 0.05) is 30.2 Å². The summed E-state index contributed by atoms with van der Waals surface area (Å²) >= 11 is 3.50. The van der Waals surface area contributed by atoms with Gasteiger partial charge in [0.1, 0.15) is 5.75 Å². The van der Waals surface area contributed by atoms with Gasteiger partial charge in [0.2, 0.25) is 0 Å². The highest BCUT2D eigenvalue weighted by atomic mass is 79.9. The number of halogens is 1. The lowest BCUT2D eigenvalue weighted by molar-refractivity contribution is 0.414. The second-order valence-electron chi connectivity index (χ2n) is 4.21. The first kappa shape index (κ1) is 14.0. The SMILES string of the molecule is COc1ccc(CNCCc2ncccc2Br)cc1. The minimum absolute atomic E-state index is 0.856. The fourth-order valence-electron chi connectivity index (χ4n) is 1.79. The van der Waals surface area contributed by atoms with Crippen molar-refractivity contribution in [2.75, 3.05) is 13.7 Å². The number of benzene rings is 1. The van der Waals surface area contributed by atoms with E-state index in [-0.39, 0.29) is 0 Å². The van der Waals surface area contributed by atoms with Crippen molar-refractivity contribution in [3.05, 3.63) is 58.3 Å². The molecule has 1 aromatic carbocycles. The van der Waals surface area contributed by atoms with Crippen LogP contribution in [0.25, 0.3) is 0 Å². The van der Waals surface area contributed by atoms with Crippen LogP contribution in [0, 0.1) is 0 Å². The summed E-state index contributed by atoms with van der Waals surface area (Å²) in [5.74, 6) is 0.890. The lowest BCUT2D eigenvalue weighted by Crippen LogP contribution is -2.17. The van der Waals surface area contributed by atoms with Gasteiger partial charge in [-0.25, -0.2) is 0 Å². The van der Waals surface area contributed by atoms with Crippen molar-refractivity contribution in [1.82, 2.24) is 10.3 Å². The van der Waals surface area contributed by atoms with Gasteiger partial charge in [-0.15, -0.1) is 0 Å². The summed E-state index contributed by atoms with van der Waals surface area (Å²) < 4.78 is 6.20. The van der Waals surface area contributed by atoms with E-state index in [4.69, 9.17) is 4.74 Å². The zero-order chi connectivity index (χ0) is 13.5. The molecule has 4 heteroatoms. The maximum atomic E-state index is 5.13. The molecule has 1 heterocycles. The number of pyridine rings is 1. The van der Waals surface area contributed by atoms with Crippen LogP contribution in [0.2, 0.25) is 0 Å². The Labute approximate surface area is 122 Å². The highest BCUT2D eigenvalue weighted by Gasteiger charge is 2.00. The van der Waals surface area contributed by atoms with Crippen LogP contribution >= 0.6 is 15.9 Å². The van der Waals surface area contributed by atoms with Gasteiger partial charge < -0.3 is 10.1 Å². The third-order valence-corrected chi connectivity index (χ3v) is 3.58. The number of aromatic nitrogens is 1. The van der Waals surface area contributed by atoms with E-state index in [1.165, 1.54) is 5.56 Å². The van der Waals surface area contributed by atoms with Crippen LogP contribution in [0.4, 0.5) is 0 Å². The van der Waals surface area contributed by atoms with Crippen molar-refractivity contribution in [3.8, 4) is 5.75 Å². The molecule has 0 radical (unpaired) electrons. The first-order valence-electron chi connectivity index (χ1n) is 6.22. The van der Waals surface area contributed by atoms with E-state index in [1.54, 1.807) is 7.11 Å². The summed E-state index contributed by atoms with van der Waals surface area (Å²) in [5, 5.41) is 3.41. The molecule has 2 aromatic rings. The molecule has 0 aliphatic rings. The van der Waals surface area contributed by atoms with Crippen molar-refractivity contribution in [2.24, 2.45) is 0 Å². The molecule has 0 spiro atoms. The molecule has 0 unspecified atom stereocenters. The number of hydrogen-bond acceptors (Lipinski definition) is 3. The molecule has 0 saturated heterocycles. The molecular weight excluding hydrogens is 304 g/mol. The molecule has 0 bridgehead atoms. The van der Waals surface area contributed by atoms with E-state index in [2.05, 4.69) is 38.4 Å². The van der Waals surface area contributed by atoms with E-state index >= 15 is 0 Å². The molecule has 2 rings (SSSR count). The first-order valence-corrected chi connectivity index (χ1v) is 7.02. The Morgan fingerprint density at radius 3 is 2.68 bits per heavy atom. The van der Waals surface area contributed by atoms with E-state index in [9.17, 15) is 0 Å². The molecule has 100 valence electrons. The van der Waals surface area contributed by atoms with Gasteiger partial charge in [0.15, 0.2) is 0 Å². The molecule has 1 aromatic heterocycles. The fourth-order valence-corrected chi connectivity index (χ4v) is 2.24. The smallest absolute Gasteiger partial charge is 0.118 e. The van der Waals surface area contributed by atoms with Crippen molar-refractivity contribution < 1.29 is 4.74 Å². The molecule has 0 aliphatic carbocycles. The Bertz CT molecular complexity index is 514. The maximum absolute atomic E-state index is 5.13. The molecule has 3 nitrogen and oxygen atoms in total. The predicted octanol–water partition coefficient (Wildman–Crippen LogP) is 3.19. The molecule has 0 amide bonds. The van der Waals surface area contributed by atoms with Gasteiger partial charge in [0.05, 0.1) is 12.8 Å². The van der Waals surface area contributed by atoms with E-state index in [1.807, 2.05) is 30.5 Å². The van der Waals surface area contributed by atoms with Crippen LogP contribution in [0.15, 0.2) is 47.1 Å². The summed E-state index contributed by atoms with van der Waals surface area (Å²) in [6, 6.07) is 12.0. The number of nitrogens with zero attached hydrogens (tertiary/aromatic N) is 1. The fraction of sp³-hybridized carbons (Fsp3) is 0.267. The summed E-state index contributed by atoms with van der Waals surface area (Å²) in [7, 11) is 1.68. The zero-order valence-electron chi connectivity index (χ0n) is 10.9. The van der Waals surface area contributed by atoms with Gasteiger partial charge in [-0.2, -0.15) is 0 Å². The quantitative estimate of drug-likeness (QED) is 0.830. The highest BCUT2D eigenvalue weighted by Crippen LogP contribution is 2.13. The van der Waals surface area contributed by atoms with Crippen molar-refractivity contribution in [1.29, 1.82) is 0 Å². The van der Waals surface area contributed by atoms with Gasteiger partial charge in [-0.05, 0) is 45.8 Å². The Balaban J connectivity index is 1.76. The van der Waals surface area contributed by atoms with Crippen molar-refractivity contribution in [3.63, 3.8) is 0 Å². The molecule has 0 fully saturated rings. The zero-order valence-corrected chi connectivity index (χ0v) is 12.5. The van der Waals surface area contributed by atoms with Crippen molar-refractivity contribution >= 4 is 15.9 Å². The van der Waals surface area contributed by atoms with E-state index in [0.717, 1.165) is 35.4 Å². The normalized spacial score (nSPS) is 10.4. The van der Waals surface area contributed by atoms with Gasteiger partial charge in [-0.1, -0.05) is 12.1 Å². The minimum Gasteiger partial charge on any atom is -0.497 e. The Morgan fingerprint density at radius 2 is 2.00 bits per heavy atom. The van der Waals surface area contributed by atoms with Gasteiger partial charge in [-0.3, -0.25) is 4.98 Å². The number of rotatable bonds is 6. The molecular formula is C15H17BrN2O. The van der Waals surface area contributed by atoms with Crippen molar-refractivity contribution in [2.45, 2.75) is 13.0 Å². The highest BCUT2D eigenvalue weighted by molar-refractivity contribution is 9.10. The topological polar surface area (TPSA) is 34.1 Å².